The van der Waals surface area contributed by atoms with Crippen molar-refractivity contribution in [2.45, 2.75) is 25.3 Å². The van der Waals surface area contributed by atoms with E-state index in [1.807, 2.05) is 12.1 Å². The molecule has 1 aliphatic heterocycles. The fraction of sp³-hybridized carbons (Fsp3) is 0.462. The van der Waals surface area contributed by atoms with Crippen molar-refractivity contribution in [1.82, 2.24) is 10.6 Å². The predicted molar refractivity (Wildman–Crippen MR) is 76.0 cm³/mol. The van der Waals surface area contributed by atoms with Gasteiger partial charge in [-0.2, -0.15) is 0 Å². The third-order valence-electron chi connectivity index (χ3n) is 2.76. The van der Waals surface area contributed by atoms with E-state index in [1.165, 1.54) is 5.56 Å². The second-order valence-electron chi connectivity index (χ2n) is 4.62. The summed E-state index contributed by atoms with van der Waals surface area (Å²) in [6.45, 7) is 3.70. The van der Waals surface area contributed by atoms with Crippen LogP contribution in [0.15, 0.2) is 29.3 Å². The molecule has 0 bridgehead atoms. The van der Waals surface area contributed by atoms with E-state index in [9.17, 15) is 4.21 Å². The number of aliphatic imine (C=N–C) groups is 1. The molecule has 1 aliphatic rings. The van der Waals surface area contributed by atoms with Crippen molar-refractivity contribution in [3.05, 3.63) is 35.4 Å². The third-order valence-corrected chi connectivity index (χ3v) is 3.50. The van der Waals surface area contributed by atoms with E-state index in [4.69, 9.17) is 0 Å². The van der Waals surface area contributed by atoms with E-state index in [0.717, 1.165) is 24.6 Å². The summed E-state index contributed by atoms with van der Waals surface area (Å²) in [4.78, 5) is 4.34. The van der Waals surface area contributed by atoms with E-state index in [1.54, 1.807) is 6.26 Å². The van der Waals surface area contributed by atoms with E-state index in [2.05, 4.69) is 34.7 Å². The normalized spacial score (nSPS) is 20.1. The second-order valence-corrected chi connectivity index (χ2v) is 6.06. The molecule has 2 unspecified atom stereocenters. The zero-order valence-electron chi connectivity index (χ0n) is 10.8. The van der Waals surface area contributed by atoms with Gasteiger partial charge in [0.2, 0.25) is 0 Å². The topological polar surface area (TPSA) is 53.5 Å². The standard InChI is InChI=1S/C13H19N3OS/c1-10-7-14-13(16-10)15-8-11-3-5-12(6-4-11)9-18(2)17/h3-6,10H,7-9H2,1-2H3,(H2,14,15,16). The van der Waals surface area contributed by atoms with Gasteiger partial charge in [-0.25, -0.2) is 0 Å². The average molecular weight is 265 g/mol. The number of guanidine groups is 1. The fourth-order valence-electron chi connectivity index (χ4n) is 1.83. The number of hydrogen-bond acceptors (Lipinski definition) is 4. The van der Waals surface area contributed by atoms with Crippen LogP contribution in [0.5, 0.6) is 0 Å². The zero-order valence-corrected chi connectivity index (χ0v) is 11.6. The van der Waals surface area contributed by atoms with E-state index < -0.39 is 10.8 Å². The SMILES string of the molecule is CC1CN=C(NCc2ccc(CS(C)=O)cc2)N1. The maximum Gasteiger partial charge on any atom is 0.191 e. The summed E-state index contributed by atoms with van der Waals surface area (Å²) in [6, 6.07) is 8.62. The number of nitrogens with zero attached hydrogens (tertiary/aromatic N) is 1. The summed E-state index contributed by atoms with van der Waals surface area (Å²) >= 11 is 0. The van der Waals surface area contributed by atoms with Gasteiger partial charge in [0.1, 0.15) is 0 Å². The average Bonchev–Trinajstić information content (AvgIpc) is 2.74. The summed E-state index contributed by atoms with van der Waals surface area (Å²) < 4.78 is 11.1. The Kier molecular flexibility index (Phi) is 4.36. The molecule has 0 radical (unpaired) electrons. The summed E-state index contributed by atoms with van der Waals surface area (Å²) in [7, 11) is -0.778. The first-order valence-electron chi connectivity index (χ1n) is 6.06. The number of benzene rings is 1. The highest BCUT2D eigenvalue weighted by molar-refractivity contribution is 7.83. The minimum absolute atomic E-state index is 0.425. The molecule has 2 rings (SSSR count). The van der Waals surface area contributed by atoms with Crippen molar-refractivity contribution >= 4 is 16.8 Å². The van der Waals surface area contributed by atoms with Crippen LogP contribution in [0.3, 0.4) is 0 Å². The van der Waals surface area contributed by atoms with Crippen molar-refractivity contribution < 1.29 is 4.21 Å². The van der Waals surface area contributed by atoms with Crippen LogP contribution in [0.25, 0.3) is 0 Å². The molecule has 0 saturated heterocycles. The molecule has 1 heterocycles. The summed E-state index contributed by atoms with van der Waals surface area (Å²) in [5.41, 5.74) is 2.31. The molecule has 0 amide bonds. The van der Waals surface area contributed by atoms with Gasteiger partial charge >= 0.3 is 0 Å². The van der Waals surface area contributed by atoms with Gasteiger partial charge in [-0.1, -0.05) is 24.3 Å². The molecule has 98 valence electrons. The van der Waals surface area contributed by atoms with Crippen LogP contribution in [0.4, 0.5) is 0 Å². The van der Waals surface area contributed by atoms with Gasteiger partial charge in [-0.3, -0.25) is 9.20 Å². The van der Waals surface area contributed by atoms with Crippen LogP contribution in [0.2, 0.25) is 0 Å². The molecular weight excluding hydrogens is 246 g/mol. The highest BCUT2D eigenvalue weighted by atomic mass is 32.2. The molecule has 0 fully saturated rings. The minimum atomic E-state index is -0.778. The molecule has 5 heteroatoms. The highest BCUT2D eigenvalue weighted by Gasteiger charge is 2.11. The van der Waals surface area contributed by atoms with Crippen molar-refractivity contribution in [3.63, 3.8) is 0 Å². The Morgan fingerprint density at radius 2 is 2.06 bits per heavy atom. The Balaban J connectivity index is 1.85. The summed E-state index contributed by atoms with van der Waals surface area (Å²) in [5.74, 6) is 1.50. The van der Waals surface area contributed by atoms with Crippen LogP contribution in [-0.4, -0.2) is 29.0 Å². The van der Waals surface area contributed by atoms with Crippen LogP contribution in [-0.2, 0) is 23.1 Å². The Hall–Kier alpha value is -1.36. The number of hydrogen-bond donors (Lipinski definition) is 2. The molecule has 2 N–H and O–H groups in total. The third kappa shape index (κ3) is 3.84. The molecule has 18 heavy (non-hydrogen) atoms. The van der Waals surface area contributed by atoms with Gasteiger partial charge < -0.3 is 10.6 Å². The fourth-order valence-corrected chi connectivity index (χ4v) is 2.50. The van der Waals surface area contributed by atoms with Gasteiger partial charge in [0.15, 0.2) is 5.96 Å². The van der Waals surface area contributed by atoms with Gasteiger partial charge in [-0.15, -0.1) is 0 Å². The zero-order chi connectivity index (χ0) is 13.0. The first-order chi connectivity index (χ1) is 8.63. The van der Waals surface area contributed by atoms with Crippen molar-refractivity contribution in [1.29, 1.82) is 0 Å². The lowest BCUT2D eigenvalue weighted by Gasteiger charge is -2.09. The minimum Gasteiger partial charge on any atom is -0.352 e. The molecule has 2 atom stereocenters. The maximum atomic E-state index is 11.1. The predicted octanol–water partition coefficient (Wildman–Crippen LogP) is 1.00. The maximum absolute atomic E-state index is 11.1. The monoisotopic (exact) mass is 265 g/mol. The van der Waals surface area contributed by atoms with Crippen LogP contribution >= 0.6 is 0 Å². The van der Waals surface area contributed by atoms with Gasteiger partial charge in [0, 0.05) is 35.4 Å². The molecular formula is C13H19N3OS. The first kappa shape index (κ1) is 13.1. The lowest BCUT2D eigenvalue weighted by atomic mass is 10.1. The van der Waals surface area contributed by atoms with Gasteiger partial charge in [-0.05, 0) is 18.1 Å². The van der Waals surface area contributed by atoms with Crippen molar-refractivity contribution in [2.75, 3.05) is 12.8 Å². The van der Waals surface area contributed by atoms with Crippen LogP contribution < -0.4 is 10.6 Å². The smallest absolute Gasteiger partial charge is 0.191 e. The van der Waals surface area contributed by atoms with Crippen molar-refractivity contribution in [3.8, 4) is 0 Å². The molecule has 0 spiro atoms. The quantitative estimate of drug-likeness (QED) is 0.854. The lowest BCUT2D eigenvalue weighted by molar-refractivity contribution is 0.686. The van der Waals surface area contributed by atoms with Crippen LogP contribution in [0.1, 0.15) is 18.1 Å². The summed E-state index contributed by atoms with van der Waals surface area (Å²) in [5, 5.41) is 6.53. The van der Waals surface area contributed by atoms with E-state index >= 15 is 0 Å². The summed E-state index contributed by atoms with van der Waals surface area (Å²) in [6.07, 6.45) is 1.72. The molecule has 4 nitrogen and oxygen atoms in total. The molecule has 0 aliphatic carbocycles. The Morgan fingerprint density at radius 3 is 2.61 bits per heavy atom. The number of rotatable bonds is 4. The van der Waals surface area contributed by atoms with Crippen molar-refractivity contribution in [2.24, 2.45) is 4.99 Å². The molecule has 1 aromatic carbocycles. The Bertz CT molecular complexity index is 456. The molecule has 1 aromatic rings. The Labute approximate surface area is 110 Å². The molecule has 0 aromatic heterocycles. The first-order valence-corrected chi connectivity index (χ1v) is 7.79. The van der Waals surface area contributed by atoms with Gasteiger partial charge in [0.05, 0.1) is 6.54 Å². The molecule has 0 saturated carbocycles. The lowest BCUT2D eigenvalue weighted by Crippen LogP contribution is -2.37. The van der Waals surface area contributed by atoms with E-state index in [-0.39, 0.29) is 0 Å². The van der Waals surface area contributed by atoms with Gasteiger partial charge in [0.25, 0.3) is 0 Å². The second kappa shape index (κ2) is 6.00. The largest absolute Gasteiger partial charge is 0.352 e. The highest BCUT2D eigenvalue weighted by Crippen LogP contribution is 2.06. The van der Waals surface area contributed by atoms with Crippen LogP contribution in [0, 0.1) is 0 Å². The number of nitrogens with one attached hydrogen (secondary N) is 2. The van der Waals surface area contributed by atoms with E-state index in [0.29, 0.717) is 11.8 Å². The Morgan fingerprint density at radius 1 is 1.39 bits per heavy atom.